The lowest BCUT2D eigenvalue weighted by atomic mass is 9.67. The molecule has 0 saturated carbocycles. The first-order chi connectivity index (χ1) is 12.0. The molecule has 0 spiro atoms. The molecule has 0 heterocycles. The molecule has 0 bridgehead atoms. The molecule has 25 heavy (non-hydrogen) atoms. The van der Waals surface area contributed by atoms with Gasteiger partial charge in [0.1, 0.15) is 0 Å². The van der Waals surface area contributed by atoms with E-state index in [1.165, 1.54) is 42.4 Å². The third kappa shape index (κ3) is 6.82. The van der Waals surface area contributed by atoms with Gasteiger partial charge in [0.15, 0.2) is 0 Å². The zero-order chi connectivity index (χ0) is 18.7. The van der Waals surface area contributed by atoms with Gasteiger partial charge in [-0.2, -0.15) is 0 Å². The van der Waals surface area contributed by atoms with Gasteiger partial charge >= 0.3 is 0 Å². The van der Waals surface area contributed by atoms with Crippen LogP contribution in [0.3, 0.4) is 0 Å². The van der Waals surface area contributed by atoms with E-state index in [0.29, 0.717) is 5.92 Å². The standard InChI is InChI=1S/C24H39N/c1-6-8-9-12-17-24(7-2,18-20(3)19-25)22(5)15-16-23-14-11-10-13-21(23)4/h6,10-11,13-14,20H,1,5,7-9,12,15-19,25H2,2-4H3/t20-,24?/m1/s1. The molecule has 1 heteroatoms. The van der Waals surface area contributed by atoms with Crippen molar-refractivity contribution in [3.63, 3.8) is 0 Å². The topological polar surface area (TPSA) is 26.0 Å². The zero-order valence-electron chi connectivity index (χ0n) is 16.8. The summed E-state index contributed by atoms with van der Waals surface area (Å²) in [6.07, 6.45) is 11.4. The Bertz CT molecular complexity index is 531. The van der Waals surface area contributed by atoms with E-state index >= 15 is 0 Å². The third-order valence-corrected chi connectivity index (χ3v) is 5.84. The maximum absolute atomic E-state index is 5.95. The van der Waals surface area contributed by atoms with E-state index in [-0.39, 0.29) is 5.41 Å². The molecule has 2 atom stereocenters. The molecule has 0 aliphatic carbocycles. The van der Waals surface area contributed by atoms with Crippen LogP contribution in [-0.2, 0) is 6.42 Å². The van der Waals surface area contributed by atoms with Crippen LogP contribution in [0.5, 0.6) is 0 Å². The molecule has 0 aromatic heterocycles. The highest BCUT2D eigenvalue weighted by molar-refractivity contribution is 5.27. The Labute approximate surface area is 156 Å². The predicted molar refractivity (Wildman–Crippen MR) is 113 cm³/mol. The first kappa shape index (κ1) is 21.7. The van der Waals surface area contributed by atoms with Crippen molar-refractivity contribution in [3.8, 4) is 0 Å². The van der Waals surface area contributed by atoms with Gasteiger partial charge in [0.25, 0.3) is 0 Å². The van der Waals surface area contributed by atoms with Crippen molar-refractivity contribution in [2.24, 2.45) is 17.1 Å². The number of aryl methyl sites for hydroxylation is 2. The average molecular weight is 342 g/mol. The third-order valence-electron chi connectivity index (χ3n) is 5.84. The van der Waals surface area contributed by atoms with Crippen LogP contribution in [0.15, 0.2) is 49.1 Å². The fourth-order valence-electron chi connectivity index (χ4n) is 3.94. The Morgan fingerprint density at radius 3 is 2.60 bits per heavy atom. The number of rotatable bonds is 13. The zero-order valence-corrected chi connectivity index (χ0v) is 16.8. The molecule has 1 unspecified atom stereocenters. The van der Waals surface area contributed by atoms with Gasteiger partial charge in [-0.3, -0.25) is 0 Å². The molecule has 1 aromatic rings. The summed E-state index contributed by atoms with van der Waals surface area (Å²) in [5.74, 6) is 0.551. The number of unbranched alkanes of at least 4 members (excludes halogenated alkanes) is 2. The molecule has 2 N–H and O–H groups in total. The first-order valence-corrected chi connectivity index (χ1v) is 10.0. The second-order valence-electron chi connectivity index (χ2n) is 7.74. The summed E-state index contributed by atoms with van der Waals surface area (Å²) in [5.41, 5.74) is 10.5. The Morgan fingerprint density at radius 1 is 1.28 bits per heavy atom. The van der Waals surface area contributed by atoms with E-state index in [1.807, 2.05) is 6.08 Å². The molecule has 140 valence electrons. The summed E-state index contributed by atoms with van der Waals surface area (Å²) >= 11 is 0. The highest BCUT2D eigenvalue weighted by Crippen LogP contribution is 2.43. The molecule has 0 saturated heterocycles. The molecule has 1 nitrogen and oxygen atoms in total. The summed E-state index contributed by atoms with van der Waals surface area (Å²) in [4.78, 5) is 0. The highest BCUT2D eigenvalue weighted by Gasteiger charge is 2.32. The lowest BCUT2D eigenvalue weighted by molar-refractivity contribution is 0.232. The molecule has 1 aromatic carbocycles. The van der Waals surface area contributed by atoms with Gasteiger partial charge in [-0.25, -0.2) is 0 Å². The van der Waals surface area contributed by atoms with Crippen molar-refractivity contribution in [2.45, 2.75) is 72.1 Å². The fraction of sp³-hybridized carbons (Fsp3) is 0.583. The fourth-order valence-corrected chi connectivity index (χ4v) is 3.94. The first-order valence-electron chi connectivity index (χ1n) is 10.0. The van der Waals surface area contributed by atoms with Gasteiger partial charge in [-0.05, 0) is 80.9 Å². The average Bonchev–Trinajstić information content (AvgIpc) is 2.63. The highest BCUT2D eigenvalue weighted by atomic mass is 14.5. The minimum absolute atomic E-state index is 0.239. The lowest BCUT2D eigenvalue weighted by Crippen LogP contribution is -2.28. The number of benzene rings is 1. The summed E-state index contributed by atoms with van der Waals surface area (Å²) in [6, 6.07) is 8.72. The number of nitrogens with two attached hydrogens (primary N) is 1. The quantitative estimate of drug-likeness (QED) is 0.317. The second kappa shape index (κ2) is 11.3. The second-order valence-corrected chi connectivity index (χ2v) is 7.74. The molecule has 1 rings (SSSR count). The van der Waals surface area contributed by atoms with Gasteiger partial charge in [0.05, 0.1) is 0 Å². The lowest BCUT2D eigenvalue weighted by Gasteiger charge is -2.38. The van der Waals surface area contributed by atoms with Crippen LogP contribution in [0.4, 0.5) is 0 Å². The number of hydrogen-bond donors (Lipinski definition) is 1. The van der Waals surface area contributed by atoms with Crippen LogP contribution in [0, 0.1) is 18.3 Å². The molecule has 0 amide bonds. The Kier molecular flexibility index (Phi) is 9.82. The number of hydrogen-bond acceptors (Lipinski definition) is 1. The summed E-state index contributed by atoms with van der Waals surface area (Å²) in [7, 11) is 0. The predicted octanol–water partition coefficient (Wildman–Crippen LogP) is 6.61. The van der Waals surface area contributed by atoms with Gasteiger partial charge < -0.3 is 5.73 Å². The summed E-state index contributed by atoms with van der Waals surface area (Å²) in [5, 5.41) is 0. The van der Waals surface area contributed by atoms with Crippen molar-refractivity contribution >= 4 is 0 Å². The Hall–Kier alpha value is -1.34. The van der Waals surface area contributed by atoms with E-state index < -0.39 is 0 Å². The van der Waals surface area contributed by atoms with E-state index in [1.54, 1.807) is 0 Å². The molecule has 0 aliphatic heterocycles. The van der Waals surface area contributed by atoms with E-state index in [9.17, 15) is 0 Å². The van der Waals surface area contributed by atoms with Gasteiger partial charge in [-0.1, -0.05) is 62.8 Å². The van der Waals surface area contributed by atoms with Gasteiger partial charge in [0, 0.05) is 0 Å². The molecule has 0 fully saturated rings. The largest absolute Gasteiger partial charge is 0.330 e. The smallest absolute Gasteiger partial charge is 0.00512 e. The van der Waals surface area contributed by atoms with Gasteiger partial charge in [0.2, 0.25) is 0 Å². The minimum atomic E-state index is 0.239. The normalized spacial score (nSPS) is 14.7. The van der Waals surface area contributed by atoms with E-state index in [2.05, 4.69) is 58.2 Å². The van der Waals surface area contributed by atoms with Gasteiger partial charge in [-0.15, -0.1) is 6.58 Å². The van der Waals surface area contributed by atoms with Crippen molar-refractivity contribution in [1.82, 2.24) is 0 Å². The maximum Gasteiger partial charge on any atom is -0.00512 e. The Morgan fingerprint density at radius 2 is 2.00 bits per heavy atom. The van der Waals surface area contributed by atoms with E-state index in [0.717, 1.165) is 32.2 Å². The van der Waals surface area contributed by atoms with Crippen molar-refractivity contribution in [1.29, 1.82) is 0 Å². The SMILES string of the molecule is C=CCCCCC(CC)(C[C@@H](C)CN)C(=C)CCc1ccccc1C. The van der Waals surface area contributed by atoms with Crippen LogP contribution < -0.4 is 5.73 Å². The summed E-state index contributed by atoms with van der Waals surface area (Å²) in [6.45, 7) is 16.0. The van der Waals surface area contributed by atoms with Crippen molar-refractivity contribution < 1.29 is 0 Å². The number of allylic oxidation sites excluding steroid dienone is 2. The molecular formula is C24H39N. The molecule has 0 radical (unpaired) electrons. The Balaban J connectivity index is 2.81. The van der Waals surface area contributed by atoms with Crippen LogP contribution >= 0.6 is 0 Å². The van der Waals surface area contributed by atoms with Crippen LogP contribution in [0.25, 0.3) is 0 Å². The minimum Gasteiger partial charge on any atom is -0.330 e. The van der Waals surface area contributed by atoms with Crippen LogP contribution in [0.2, 0.25) is 0 Å². The maximum atomic E-state index is 5.95. The molecular weight excluding hydrogens is 302 g/mol. The van der Waals surface area contributed by atoms with E-state index in [4.69, 9.17) is 5.73 Å². The van der Waals surface area contributed by atoms with Crippen molar-refractivity contribution in [2.75, 3.05) is 6.54 Å². The monoisotopic (exact) mass is 341 g/mol. The summed E-state index contributed by atoms with van der Waals surface area (Å²) < 4.78 is 0. The molecule has 0 aliphatic rings. The van der Waals surface area contributed by atoms with Crippen LogP contribution in [0.1, 0.15) is 69.9 Å². The van der Waals surface area contributed by atoms with Crippen LogP contribution in [-0.4, -0.2) is 6.54 Å². The van der Waals surface area contributed by atoms with Crippen molar-refractivity contribution in [3.05, 3.63) is 60.2 Å².